The highest BCUT2D eigenvalue weighted by molar-refractivity contribution is 6.62. The third kappa shape index (κ3) is 8.64. The lowest BCUT2D eigenvalue weighted by molar-refractivity contribution is -0.123. The Morgan fingerprint density at radius 2 is 1.87 bits per heavy atom. The molecule has 0 radical (unpaired) electrons. The molecule has 0 spiro atoms. The van der Waals surface area contributed by atoms with E-state index in [2.05, 4.69) is 56.9 Å². The van der Waals surface area contributed by atoms with Crippen LogP contribution in [0.5, 0.6) is 0 Å². The van der Waals surface area contributed by atoms with Crippen molar-refractivity contribution in [1.82, 2.24) is 5.16 Å². The molecular weight excluding hydrogens is 504 g/mol. The molecular formula is C30H40BF3N2O3. The molecule has 2 atom stereocenters. The van der Waals surface area contributed by atoms with Crippen LogP contribution in [0.25, 0.3) is 11.3 Å². The molecule has 1 aliphatic heterocycles. The van der Waals surface area contributed by atoms with Crippen molar-refractivity contribution in [3.8, 4) is 23.2 Å². The van der Waals surface area contributed by atoms with E-state index in [9.17, 15) is 13.2 Å². The molecule has 0 saturated carbocycles. The summed E-state index contributed by atoms with van der Waals surface area (Å²) >= 11 is 0. The maximum absolute atomic E-state index is 12.4. The van der Waals surface area contributed by atoms with Crippen LogP contribution in [0.2, 0.25) is 0 Å². The molecule has 2 aromatic rings. The van der Waals surface area contributed by atoms with E-state index in [1.165, 1.54) is 0 Å². The zero-order chi connectivity index (χ0) is 28.8. The van der Waals surface area contributed by atoms with Gasteiger partial charge >= 0.3 is 13.3 Å². The maximum atomic E-state index is 12.4. The van der Waals surface area contributed by atoms with Gasteiger partial charge in [0.1, 0.15) is 17.8 Å². The van der Waals surface area contributed by atoms with Crippen LogP contribution in [0.4, 0.5) is 18.9 Å². The van der Waals surface area contributed by atoms with E-state index in [1.807, 2.05) is 38.1 Å². The summed E-state index contributed by atoms with van der Waals surface area (Å²) in [4.78, 5) is 0. The average Bonchev–Trinajstić information content (AvgIpc) is 3.38. The molecule has 0 bridgehead atoms. The Morgan fingerprint density at radius 3 is 2.46 bits per heavy atom. The minimum absolute atomic E-state index is 0.0102. The summed E-state index contributed by atoms with van der Waals surface area (Å²) in [6.45, 7) is 14.4. The van der Waals surface area contributed by atoms with Gasteiger partial charge in [-0.05, 0) is 64.4 Å². The molecule has 0 aliphatic carbocycles. The number of anilines is 1. The molecule has 3 rings (SSSR count). The smallest absolute Gasteiger partial charge is 0.401 e. The molecule has 212 valence electrons. The normalized spacial score (nSPS) is 18.3. The van der Waals surface area contributed by atoms with Crippen LogP contribution in [0.3, 0.4) is 0 Å². The number of nitrogens with zero attached hydrogens (tertiary/aromatic N) is 1. The second-order valence-corrected chi connectivity index (χ2v) is 11.2. The molecule has 1 unspecified atom stereocenters. The van der Waals surface area contributed by atoms with Crippen molar-refractivity contribution >= 4 is 18.3 Å². The summed E-state index contributed by atoms with van der Waals surface area (Å²) in [7, 11) is -0.418. The van der Waals surface area contributed by atoms with Crippen molar-refractivity contribution in [3.63, 3.8) is 0 Å². The highest BCUT2D eigenvalue weighted by atomic mass is 19.4. The average molecular weight is 544 g/mol. The standard InChI is InChI=1S/C30H40BF3N2O3/c1-8-11-23(12-9-10-19-30(32,33)34)14-13-21(4)35-26-22(5)36-38-27(26)24-15-17-25(18-16-24)31-37-28(20(2)3)29(6,7)39-31/h12,15-18,20-21,28,35H,8,11,13-14,19H2,1-7H3/b23-12+/t21-,28?/m1/s1. The monoisotopic (exact) mass is 544 g/mol. The number of aromatic nitrogens is 1. The van der Waals surface area contributed by atoms with Crippen LogP contribution in [0, 0.1) is 24.7 Å². The molecule has 1 N–H and O–H groups in total. The molecule has 1 aromatic heterocycles. The predicted molar refractivity (Wildman–Crippen MR) is 151 cm³/mol. The zero-order valence-electron chi connectivity index (χ0n) is 24.0. The molecule has 1 fully saturated rings. The highest BCUT2D eigenvalue weighted by Crippen LogP contribution is 2.34. The number of alkyl halides is 3. The summed E-state index contributed by atoms with van der Waals surface area (Å²) in [5, 5.41) is 7.70. The fourth-order valence-electron chi connectivity index (χ4n) is 4.92. The fourth-order valence-corrected chi connectivity index (χ4v) is 4.92. The molecule has 2 heterocycles. The topological polar surface area (TPSA) is 56.5 Å². The Labute approximate surface area is 231 Å². The highest BCUT2D eigenvalue weighted by Gasteiger charge is 2.47. The predicted octanol–water partition coefficient (Wildman–Crippen LogP) is 7.46. The summed E-state index contributed by atoms with van der Waals surface area (Å²) in [6.07, 6.45) is -0.449. The third-order valence-electron chi connectivity index (χ3n) is 6.81. The molecule has 39 heavy (non-hydrogen) atoms. The second-order valence-electron chi connectivity index (χ2n) is 11.2. The van der Waals surface area contributed by atoms with E-state index in [4.69, 9.17) is 13.8 Å². The molecule has 0 amide bonds. The SMILES string of the molecule is CCC/C(=C\C#CCC(F)(F)F)CC[C@@H](C)Nc1c(C)noc1-c1ccc(B2OC(C(C)C)C(C)(C)O2)cc1. The number of rotatable bonds is 10. The minimum Gasteiger partial charge on any atom is -0.401 e. The van der Waals surface area contributed by atoms with Crippen molar-refractivity contribution in [3.05, 3.63) is 41.6 Å². The van der Waals surface area contributed by atoms with Crippen LogP contribution in [-0.2, 0) is 9.31 Å². The van der Waals surface area contributed by atoms with Crippen LogP contribution in [0.15, 0.2) is 40.4 Å². The third-order valence-corrected chi connectivity index (χ3v) is 6.81. The quantitative estimate of drug-likeness (QED) is 0.249. The minimum atomic E-state index is -4.26. The Hall–Kier alpha value is -2.70. The summed E-state index contributed by atoms with van der Waals surface area (Å²) in [6, 6.07) is 8.03. The fraction of sp³-hybridized carbons (Fsp3) is 0.567. The first-order valence-electron chi connectivity index (χ1n) is 13.7. The van der Waals surface area contributed by atoms with E-state index < -0.39 is 19.7 Å². The number of nitrogens with one attached hydrogen (secondary N) is 1. The Kier molecular flexibility index (Phi) is 10.4. The van der Waals surface area contributed by atoms with E-state index in [0.29, 0.717) is 11.7 Å². The maximum Gasteiger partial charge on any atom is 0.494 e. The van der Waals surface area contributed by atoms with Crippen LogP contribution >= 0.6 is 0 Å². The van der Waals surface area contributed by atoms with Gasteiger partial charge in [0.25, 0.3) is 0 Å². The molecule has 5 nitrogen and oxygen atoms in total. The van der Waals surface area contributed by atoms with E-state index in [1.54, 1.807) is 6.08 Å². The van der Waals surface area contributed by atoms with E-state index in [0.717, 1.165) is 53.7 Å². The number of hydrogen-bond donors (Lipinski definition) is 1. The van der Waals surface area contributed by atoms with Crippen LogP contribution < -0.4 is 10.8 Å². The van der Waals surface area contributed by atoms with Crippen LogP contribution in [-0.4, -0.2) is 36.2 Å². The van der Waals surface area contributed by atoms with Gasteiger partial charge in [0.05, 0.1) is 11.7 Å². The van der Waals surface area contributed by atoms with Gasteiger partial charge in [-0.15, -0.1) is 0 Å². The van der Waals surface area contributed by atoms with Gasteiger partial charge in [-0.1, -0.05) is 74.0 Å². The van der Waals surface area contributed by atoms with E-state index in [-0.39, 0.29) is 17.7 Å². The first kappa shape index (κ1) is 30.8. The summed E-state index contributed by atoms with van der Waals surface area (Å²) in [5.41, 5.74) is 4.11. The van der Waals surface area contributed by atoms with Gasteiger partial charge in [-0.3, -0.25) is 0 Å². The van der Waals surface area contributed by atoms with Gasteiger partial charge in [0, 0.05) is 11.6 Å². The van der Waals surface area contributed by atoms with Gasteiger partial charge in [-0.2, -0.15) is 13.2 Å². The lowest BCUT2D eigenvalue weighted by Crippen LogP contribution is -2.36. The molecule has 1 aromatic carbocycles. The number of aryl methyl sites for hydroxylation is 1. The van der Waals surface area contributed by atoms with Crippen molar-refractivity contribution in [1.29, 1.82) is 0 Å². The number of halogens is 3. The summed E-state index contributed by atoms with van der Waals surface area (Å²) < 4.78 is 55.2. The van der Waals surface area contributed by atoms with Gasteiger partial charge in [0.2, 0.25) is 0 Å². The first-order chi connectivity index (χ1) is 18.3. The van der Waals surface area contributed by atoms with Crippen molar-refractivity contribution in [2.45, 2.75) is 104 Å². The number of hydrogen-bond acceptors (Lipinski definition) is 5. The Bertz CT molecular complexity index is 1180. The van der Waals surface area contributed by atoms with Gasteiger partial charge in [0.15, 0.2) is 5.76 Å². The molecule has 9 heteroatoms. The Morgan fingerprint density at radius 1 is 1.18 bits per heavy atom. The van der Waals surface area contributed by atoms with Crippen LogP contribution in [0.1, 0.15) is 79.3 Å². The molecule has 1 saturated heterocycles. The lowest BCUT2D eigenvalue weighted by Gasteiger charge is -2.28. The first-order valence-corrected chi connectivity index (χ1v) is 13.7. The summed E-state index contributed by atoms with van der Waals surface area (Å²) in [5.74, 6) is 5.77. The van der Waals surface area contributed by atoms with E-state index >= 15 is 0 Å². The largest absolute Gasteiger partial charge is 0.494 e. The Balaban J connectivity index is 1.66. The van der Waals surface area contributed by atoms with Crippen molar-refractivity contribution in [2.24, 2.45) is 5.92 Å². The van der Waals surface area contributed by atoms with Crippen molar-refractivity contribution in [2.75, 3.05) is 5.32 Å². The zero-order valence-corrected chi connectivity index (χ0v) is 24.0. The van der Waals surface area contributed by atoms with Crippen molar-refractivity contribution < 1.29 is 27.0 Å². The molecule has 1 aliphatic rings. The van der Waals surface area contributed by atoms with Gasteiger partial charge < -0.3 is 19.1 Å². The number of allylic oxidation sites excluding steroid dienone is 2. The second kappa shape index (κ2) is 13.1. The van der Waals surface area contributed by atoms with Gasteiger partial charge in [-0.25, -0.2) is 0 Å². The lowest BCUT2D eigenvalue weighted by atomic mass is 9.79. The number of benzene rings is 1.